The number of nitriles is 1. The Hall–Kier alpha value is -2.06. The molecule has 0 aliphatic heterocycles. The summed E-state index contributed by atoms with van der Waals surface area (Å²) in [6.07, 6.45) is 2.45. The zero-order valence-corrected chi connectivity index (χ0v) is 12.1. The average molecular weight is 288 g/mol. The zero-order chi connectivity index (χ0) is 15.2. The number of carbonyl (C=O) groups excluding carboxylic acids is 1. The largest absolute Gasteiger partial charge is 0.481 e. The molecular weight excluding hydrogens is 268 g/mol. The summed E-state index contributed by atoms with van der Waals surface area (Å²) in [6, 6.07) is 8.46. The van der Waals surface area contributed by atoms with Crippen molar-refractivity contribution in [2.75, 3.05) is 0 Å². The minimum atomic E-state index is -0.646. The van der Waals surface area contributed by atoms with Crippen molar-refractivity contribution in [2.45, 2.75) is 50.9 Å². The Morgan fingerprint density at radius 3 is 2.67 bits per heavy atom. The molecule has 1 unspecified atom stereocenters. The van der Waals surface area contributed by atoms with Crippen LogP contribution in [0.2, 0.25) is 0 Å². The van der Waals surface area contributed by atoms with Crippen LogP contribution >= 0.6 is 0 Å². The number of ether oxygens (including phenoxy) is 1. The fraction of sp³-hybridized carbons (Fsp3) is 0.500. The van der Waals surface area contributed by atoms with Crippen molar-refractivity contribution in [3.8, 4) is 11.8 Å². The number of hydrogen-bond donors (Lipinski definition) is 2. The Kier molecular flexibility index (Phi) is 5.18. The van der Waals surface area contributed by atoms with Gasteiger partial charge in [0.2, 0.25) is 0 Å². The number of hydrogen-bond acceptors (Lipinski definition) is 4. The molecule has 112 valence electrons. The molecule has 1 aliphatic carbocycles. The standard InChI is InChI=1S/C16H20N2O3/c1-11(21-13-8-6-12(10-17)7-9-13)16(20)18-14-4-2-3-5-15(14)19/h6-9,11,14-15,19H,2-5H2,1H3,(H,18,20)/t11?,14-,15-/m1/s1. The van der Waals surface area contributed by atoms with Crippen LogP contribution in [0.5, 0.6) is 5.75 Å². The molecular formula is C16H20N2O3. The molecule has 0 saturated heterocycles. The molecule has 5 heteroatoms. The van der Waals surface area contributed by atoms with Crippen molar-refractivity contribution < 1.29 is 14.6 Å². The first kappa shape index (κ1) is 15.3. The van der Waals surface area contributed by atoms with Crippen molar-refractivity contribution in [1.82, 2.24) is 5.32 Å². The molecule has 1 amide bonds. The van der Waals surface area contributed by atoms with E-state index in [0.717, 1.165) is 25.7 Å². The highest BCUT2D eigenvalue weighted by molar-refractivity contribution is 5.81. The molecule has 1 aromatic rings. The molecule has 0 aromatic heterocycles. The van der Waals surface area contributed by atoms with Gasteiger partial charge in [-0.1, -0.05) is 12.8 Å². The van der Waals surface area contributed by atoms with Gasteiger partial charge in [-0.05, 0) is 44.0 Å². The lowest BCUT2D eigenvalue weighted by atomic mass is 9.92. The Balaban J connectivity index is 1.88. The molecule has 0 radical (unpaired) electrons. The zero-order valence-electron chi connectivity index (χ0n) is 12.1. The van der Waals surface area contributed by atoms with E-state index < -0.39 is 12.2 Å². The van der Waals surface area contributed by atoms with E-state index in [0.29, 0.717) is 11.3 Å². The van der Waals surface area contributed by atoms with Crippen molar-refractivity contribution in [3.05, 3.63) is 29.8 Å². The smallest absolute Gasteiger partial charge is 0.261 e. The van der Waals surface area contributed by atoms with Crippen LogP contribution < -0.4 is 10.1 Å². The molecule has 2 N–H and O–H groups in total. The molecule has 2 rings (SSSR count). The summed E-state index contributed by atoms with van der Waals surface area (Å²) in [4.78, 5) is 12.1. The van der Waals surface area contributed by atoms with Crippen LogP contribution in [0.25, 0.3) is 0 Å². The lowest BCUT2D eigenvalue weighted by molar-refractivity contribution is -0.129. The van der Waals surface area contributed by atoms with Crippen LogP contribution in [-0.4, -0.2) is 29.3 Å². The summed E-state index contributed by atoms with van der Waals surface area (Å²) in [5.41, 5.74) is 0.546. The molecule has 1 aliphatic rings. The van der Waals surface area contributed by atoms with Gasteiger partial charge >= 0.3 is 0 Å². The van der Waals surface area contributed by atoms with Gasteiger partial charge in [-0.15, -0.1) is 0 Å². The third-order valence-electron chi connectivity index (χ3n) is 3.72. The first-order valence-electron chi connectivity index (χ1n) is 7.25. The summed E-state index contributed by atoms with van der Waals surface area (Å²) in [5, 5.41) is 21.4. The Morgan fingerprint density at radius 1 is 1.38 bits per heavy atom. The minimum Gasteiger partial charge on any atom is -0.481 e. The Bertz CT molecular complexity index is 521. The fourth-order valence-electron chi connectivity index (χ4n) is 2.45. The lowest BCUT2D eigenvalue weighted by Crippen LogP contribution is -2.49. The first-order chi connectivity index (χ1) is 10.1. The second kappa shape index (κ2) is 7.09. The summed E-state index contributed by atoms with van der Waals surface area (Å²) in [6.45, 7) is 1.67. The van der Waals surface area contributed by atoms with Crippen LogP contribution in [0.1, 0.15) is 38.2 Å². The minimum absolute atomic E-state index is 0.182. The van der Waals surface area contributed by atoms with Gasteiger partial charge in [-0.3, -0.25) is 4.79 Å². The van der Waals surface area contributed by atoms with E-state index in [9.17, 15) is 9.90 Å². The molecule has 21 heavy (non-hydrogen) atoms. The summed E-state index contributed by atoms with van der Waals surface area (Å²) in [5.74, 6) is 0.311. The molecule has 1 aromatic carbocycles. The quantitative estimate of drug-likeness (QED) is 0.884. The van der Waals surface area contributed by atoms with Gasteiger partial charge in [-0.25, -0.2) is 0 Å². The second-order valence-corrected chi connectivity index (χ2v) is 5.36. The average Bonchev–Trinajstić information content (AvgIpc) is 2.50. The van der Waals surface area contributed by atoms with Crippen molar-refractivity contribution in [1.29, 1.82) is 5.26 Å². The maximum Gasteiger partial charge on any atom is 0.261 e. The predicted molar refractivity (Wildman–Crippen MR) is 77.7 cm³/mol. The van der Waals surface area contributed by atoms with Gasteiger partial charge in [0.25, 0.3) is 5.91 Å². The van der Waals surface area contributed by atoms with E-state index in [1.807, 2.05) is 6.07 Å². The highest BCUT2D eigenvalue weighted by Crippen LogP contribution is 2.19. The molecule has 1 saturated carbocycles. The third-order valence-corrected chi connectivity index (χ3v) is 3.72. The molecule has 0 bridgehead atoms. The summed E-state index contributed by atoms with van der Waals surface area (Å²) in [7, 11) is 0. The van der Waals surface area contributed by atoms with Crippen LogP contribution in [0.3, 0.4) is 0 Å². The topological polar surface area (TPSA) is 82.3 Å². The number of amides is 1. The highest BCUT2D eigenvalue weighted by Gasteiger charge is 2.26. The second-order valence-electron chi connectivity index (χ2n) is 5.36. The molecule has 1 fully saturated rings. The monoisotopic (exact) mass is 288 g/mol. The SMILES string of the molecule is CC(Oc1ccc(C#N)cc1)C(=O)N[C@@H]1CCCC[C@H]1O. The summed E-state index contributed by atoms with van der Waals surface area (Å²) >= 11 is 0. The first-order valence-corrected chi connectivity index (χ1v) is 7.25. The maximum absolute atomic E-state index is 12.1. The van der Waals surface area contributed by atoms with Crippen LogP contribution in [0, 0.1) is 11.3 Å². The van der Waals surface area contributed by atoms with Gasteiger partial charge in [0.1, 0.15) is 5.75 Å². The van der Waals surface area contributed by atoms with Crippen molar-refractivity contribution in [2.24, 2.45) is 0 Å². The van der Waals surface area contributed by atoms with Gasteiger partial charge in [0, 0.05) is 0 Å². The number of aliphatic hydroxyl groups excluding tert-OH is 1. The van der Waals surface area contributed by atoms with Crippen molar-refractivity contribution >= 4 is 5.91 Å². The number of aliphatic hydroxyl groups is 1. The Morgan fingerprint density at radius 2 is 2.05 bits per heavy atom. The van der Waals surface area contributed by atoms with E-state index in [1.54, 1.807) is 31.2 Å². The number of nitrogens with one attached hydrogen (secondary N) is 1. The molecule has 0 heterocycles. The maximum atomic E-state index is 12.1. The highest BCUT2D eigenvalue weighted by atomic mass is 16.5. The summed E-state index contributed by atoms with van der Waals surface area (Å²) < 4.78 is 5.55. The van der Waals surface area contributed by atoms with E-state index in [1.165, 1.54) is 0 Å². The van der Waals surface area contributed by atoms with Gasteiger partial charge in [-0.2, -0.15) is 5.26 Å². The number of benzene rings is 1. The van der Waals surface area contributed by atoms with Crippen LogP contribution in [-0.2, 0) is 4.79 Å². The Labute approximate surface area is 124 Å². The van der Waals surface area contributed by atoms with Gasteiger partial charge in [0.15, 0.2) is 6.10 Å². The molecule has 0 spiro atoms. The molecule has 5 nitrogen and oxygen atoms in total. The van der Waals surface area contributed by atoms with Crippen LogP contribution in [0.15, 0.2) is 24.3 Å². The van der Waals surface area contributed by atoms with Gasteiger partial charge < -0.3 is 15.2 Å². The normalized spacial score (nSPS) is 22.9. The number of rotatable bonds is 4. The number of carbonyl (C=O) groups is 1. The van der Waals surface area contributed by atoms with E-state index in [-0.39, 0.29) is 11.9 Å². The van der Waals surface area contributed by atoms with Crippen LogP contribution in [0.4, 0.5) is 0 Å². The third kappa shape index (κ3) is 4.20. The number of nitrogens with zero attached hydrogens (tertiary/aromatic N) is 1. The van der Waals surface area contributed by atoms with E-state index >= 15 is 0 Å². The van der Waals surface area contributed by atoms with E-state index in [4.69, 9.17) is 10.00 Å². The predicted octanol–water partition coefficient (Wildman–Crippen LogP) is 1.75. The van der Waals surface area contributed by atoms with Gasteiger partial charge in [0.05, 0.1) is 23.8 Å². The lowest BCUT2D eigenvalue weighted by Gasteiger charge is -2.29. The van der Waals surface area contributed by atoms with Crippen molar-refractivity contribution in [3.63, 3.8) is 0 Å². The van der Waals surface area contributed by atoms with E-state index in [2.05, 4.69) is 5.32 Å². The fourth-order valence-corrected chi connectivity index (χ4v) is 2.45. The molecule has 3 atom stereocenters.